The van der Waals surface area contributed by atoms with Gasteiger partial charge in [-0.3, -0.25) is 14.4 Å². The highest BCUT2D eigenvalue weighted by Crippen LogP contribution is 2.19. The zero-order valence-electron chi connectivity index (χ0n) is 18.1. The van der Waals surface area contributed by atoms with E-state index in [9.17, 15) is 24.3 Å². The summed E-state index contributed by atoms with van der Waals surface area (Å²) in [5.41, 5.74) is 7.62. The van der Waals surface area contributed by atoms with E-state index in [1.165, 1.54) is 0 Å². The van der Waals surface area contributed by atoms with Crippen LogP contribution in [0.5, 0.6) is 0 Å². The highest BCUT2D eigenvalue weighted by molar-refractivity contribution is 5.93. The molecule has 0 saturated carbocycles. The number of carbonyl (C=O) groups is 4. The molecule has 1 heterocycles. The Balaban J connectivity index is 2.25. The summed E-state index contributed by atoms with van der Waals surface area (Å²) in [5.74, 6) is -3.88. The number of carbonyl (C=O) groups excluding carboxylic acids is 2. The van der Waals surface area contributed by atoms with E-state index in [0.717, 1.165) is 16.5 Å². The molecule has 2 rings (SSSR count). The lowest BCUT2D eigenvalue weighted by Gasteiger charge is -2.24. The second kappa shape index (κ2) is 11.3. The smallest absolute Gasteiger partial charge is 0.326 e. The van der Waals surface area contributed by atoms with Crippen molar-refractivity contribution in [2.24, 2.45) is 11.7 Å². The van der Waals surface area contributed by atoms with Crippen molar-refractivity contribution < 1.29 is 29.4 Å². The molecule has 10 nitrogen and oxygen atoms in total. The summed E-state index contributed by atoms with van der Waals surface area (Å²) in [7, 11) is 0. The first-order chi connectivity index (χ1) is 15.1. The molecule has 1 aromatic carbocycles. The van der Waals surface area contributed by atoms with Crippen molar-refractivity contribution in [1.82, 2.24) is 15.6 Å². The lowest BCUT2D eigenvalue weighted by atomic mass is 9.98. The van der Waals surface area contributed by atoms with Gasteiger partial charge >= 0.3 is 11.9 Å². The molecule has 0 unspecified atom stereocenters. The third-order valence-corrected chi connectivity index (χ3v) is 5.55. The molecule has 2 aromatic rings. The van der Waals surface area contributed by atoms with Gasteiger partial charge in [-0.25, -0.2) is 4.79 Å². The molecular formula is C22H30N4O6. The van der Waals surface area contributed by atoms with Crippen molar-refractivity contribution in [1.29, 1.82) is 0 Å². The van der Waals surface area contributed by atoms with Crippen LogP contribution in [-0.4, -0.2) is 57.1 Å². The van der Waals surface area contributed by atoms with Crippen molar-refractivity contribution in [3.63, 3.8) is 0 Å². The maximum Gasteiger partial charge on any atom is 0.326 e. The number of nitrogens with two attached hydrogens (primary N) is 1. The third kappa shape index (κ3) is 6.55. The Morgan fingerprint density at radius 2 is 1.72 bits per heavy atom. The molecular weight excluding hydrogens is 416 g/mol. The molecule has 0 radical (unpaired) electrons. The summed E-state index contributed by atoms with van der Waals surface area (Å²) in [4.78, 5) is 51.1. The third-order valence-electron chi connectivity index (χ3n) is 5.55. The largest absolute Gasteiger partial charge is 0.481 e. The number of aromatic nitrogens is 1. The Morgan fingerprint density at radius 1 is 1.06 bits per heavy atom. The molecule has 0 saturated heterocycles. The number of amides is 2. The van der Waals surface area contributed by atoms with E-state index in [2.05, 4.69) is 15.6 Å². The lowest BCUT2D eigenvalue weighted by Crippen LogP contribution is -2.56. The van der Waals surface area contributed by atoms with Gasteiger partial charge in [0.25, 0.3) is 0 Å². The maximum absolute atomic E-state index is 13.0. The molecule has 0 aliphatic carbocycles. The summed E-state index contributed by atoms with van der Waals surface area (Å²) in [6, 6.07) is 4.12. The fourth-order valence-corrected chi connectivity index (χ4v) is 3.31. The molecule has 10 heteroatoms. The van der Waals surface area contributed by atoms with Gasteiger partial charge < -0.3 is 31.6 Å². The van der Waals surface area contributed by atoms with Crippen LogP contribution in [0.1, 0.15) is 38.7 Å². The summed E-state index contributed by atoms with van der Waals surface area (Å²) in [5, 5.41) is 24.1. The van der Waals surface area contributed by atoms with Gasteiger partial charge in [0, 0.05) is 29.9 Å². The SMILES string of the molecule is CC[C@H](C)[C@H](N)C(=O)N[C@@H](Cc1c[nH]c2ccccc12)C(=O)N[C@@H](CCC(=O)O)C(=O)O. The van der Waals surface area contributed by atoms with Gasteiger partial charge in [0.05, 0.1) is 6.04 Å². The number of rotatable bonds is 12. The average molecular weight is 447 g/mol. The highest BCUT2D eigenvalue weighted by Gasteiger charge is 2.30. The second-order valence-corrected chi connectivity index (χ2v) is 7.87. The Kier molecular flexibility index (Phi) is 8.77. The van der Waals surface area contributed by atoms with Crippen LogP contribution in [0.3, 0.4) is 0 Å². The van der Waals surface area contributed by atoms with Gasteiger partial charge in [-0.15, -0.1) is 0 Å². The number of hydrogen-bond acceptors (Lipinski definition) is 5. The fraction of sp³-hybridized carbons (Fsp3) is 0.455. The Hall–Kier alpha value is -3.40. The normalized spacial score (nSPS) is 14.8. The Bertz CT molecular complexity index is 972. The number of carboxylic acid groups (broad SMARTS) is 2. The summed E-state index contributed by atoms with van der Waals surface area (Å²) < 4.78 is 0. The first-order valence-electron chi connectivity index (χ1n) is 10.5. The van der Waals surface area contributed by atoms with Gasteiger partial charge in [0.1, 0.15) is 12.1 Å². The van der Waals surface area contributed by atoms with Crippen LogP contribution < -0.4 is 16.4 Å². The van der Waals surface area contributed by atoms with Crippen molar-refractivity contribution in [2.75, 3.05) is 0 Å². The minimum atomic E-state index is -1.40. The predicted octanol–water partition coefficient (Wildman–Crippen LogP) is 1.00. The fourth-order valence-electron chi connectivity index (χ4n) is 3.31. The number of fused-ring (bicyclic) bond motifs is 1. The van der Waals surface area contributed by atoms with Crippen LogP contribution in [0.15, 0.2) is 30.5 Å². The van der Waals surface area contributed by atoms with E-state index in [0.29, 0.717) is 6.42 Å². The minimum Gasteiger partial charge on any atom is -0.481 e. The number of para-hydroxylation sites is 1. The van der Waals surface area contributed by atoms with Crippen LogP contribution >= 0.6 is 0 Å². The molecule has 0 aliphatic rings. The number of hydrogen-bond donors (Lipinski definition) is 6. The molecule has 0 bridgehead atoms. The number of aromatic amines is 1. The molecule has 0 spiro atoms. The molecule has 2 amide bonds. The second-order valence-electron chi connectivity index (χ2n) is 7.87. The molecule has 0 fully saturated rings. The van der Waals surface area contributed by atoms with Crippen molar-refractivity contribution in [2.45, 2.75) is 57.7 Å². The summed E-state index contributed by atoms with van der Waals surface area (Å²) in [6.07, 6.45) is 1.79. The Morgan fingerprint density at radius 3 is 2.34 bits per heavy atom. The van der Waals surface area contributed by atoms with E-state index >= 15 is 0 Å². The average Bonchev–Trinajstić information content (AvgIpc) is 3.17. The first-order valence-corrected chi connectivity index (χ1v) is 10.5. The monoisotopic (exact) mass is 446 g/mol. The number of H-pyrrole nitrogens is 1. The van der Waals surface area contributed by atoms with Crippen LogP contribution in [0.2, 0.25) is 0 Å². The molecule has 0 aliphatic heterocycles. The first kappa shape index (κ1) is 24.9. The van der Waals surface area contributed by atoms with Crippen molar-refractivity contribution in [3.8, 4) is 0 Å². The standard InChI is InChI=1S/C22H30N4O6/c1-3-12(2)19(23)21(30)26-17(10-13-11-24-15-7-5-4-6-14(13)15)20(29)25-16(22(31)32)8-9-18(27)28/h4-7,11-12,16-17,19,24H,3,8-10,23H2,1-2H3,(H,25,29)(H,26,30)(H,27,28)(H,31,32)/t12-,16-,17-,19-/m0/s1. The van der Waals surface area contributed by atoms with Crippen LogP contribution in [0, 0.1) is 5.92 Å². The minimum absolute atomic E-state index is 0.0973. The zero-order chi connectivity index (χ0) is 23.8. The number of benzene rings is 1. The quantitative estimate of drug-likeness (QED) is 0.282. The van der Waals surface area contributed by atoms with Gasteiger partial charge in [-0.1, -0.05) is 38.5 Å². The van der Waals surface area contributed by atoms with Gasteiger partial charge in [-0.05, 0) is 24.0 Å². The molecule has 1 aromatic heterocycles. The van der Waals surface area contributed by atoms with Gasteiger partial charge in [-0.2, -0.15) is 0 Å². The topological polar surface area (TPSA) is 175 Å². The van der Waals surface area contributed by atoms with Gasteiger partial charge in [0.15, 0.2) is 0 Å². The number of nitrogens with one attached hydrogen (secondary N) is 3. The zero-order valence-corrected chi connectivity index (χ0v) is 18.1. The molecule has 174 valence electrons. The lowest BCUT2D eigenvalue weighted by molar-refractivity contribution is -0.143. The number of aliphatic carboxylic acids is 2. The Labute approximate surface area is 185 Å². The van der Waals surface area contributed by atoms with Crippen LogP contribution in [0.25, 0.3) is 10.9 Å². The van der Waals surface area contributed by atoms with E-state index in [-0.39, 0.29) is 18.8 Å². The summed E-state index contributed by atoms with van der Waals surface area (Å²) in [6.45, 7) is 3.72. The van der Waals surface area contributed by atoms with Crippen molar-refractivity contribution >= 4 is 34.7 Å². The predicted molar refractivity (Wildman–Crippen MR) is 118 cm³/mol. The van der Waals surface area contributed by atoms with Gasteiger partial charge in [0.2, 0.25) is 11.8 Å². The summed E-state index contributed by atoms with van der Waals surface area (Å²) >= 11 is 0. The van der Waals surface area contributed by atoms with E-state index in [4.69, 9.17) is 10.8 Å². The molecule has 7 N–H and O–H groups in total. The van der Waals surface area contributed by atoms with Crippen molar-refractivity contribution in [3.05, 3.63) is 36.0 Å². The van der Waals surface area contributed by atoms with E-state index < -0.39 is 48.3 Å². The highest BCUT2D eigenvalue weighted by atomic mass is 16.4. The van der Waals surface area contributed by atoms with Crippen LogP contribution in [-0.2, 0) is 25.6 Å². The number of carboxylic acids is 2. The van der Waals surface area contributed by atoms with Crippen LogP contribution in [0.4, 0.5) is 0 Å². The van der Waals surface area contributed by atoms with E-state index in [1.807, 2.05) is 38.1 Å². The molecule has 32 heavy (non-hydrogen) atoms. The maximum atomic E-state index is 13.0. The van der Waals surface area contributed by atoms with E-state index in [1.54, 1.807) is 6.20 Å². The molecule has 4 atom stereocenters.